The third-order valence-electron chi connectivity index (χ3n) is 2.87. The number of nitrogens with one attached hydrogen (secondary N) is 1. The monoisotopic (exact) mass is 258 g/mol. The highest BCUT2D eigenvalue weighted by molar-refractivity contribution is 7.10. The number of nitrogens with zero attached hydrogens (tertiary/aromatic N) is 3. The molecule has 1 atom stereocenters. The summed E-state index contributed by atoms with van der Waals surface area (Å²) < 4.78 is 1.76. The van der Waals surface area contributed by atoms with Gasteiger partial charge in [-0.25, -0.2) is 9.50 Å². The summed E-state index contributed by atoms with van der Waals surface area (Å²) in [6.45, 7) is 2.18. The Morgan fingerprint density at radius 1 is 1.39 bits per heavy atom. The first-order valence-corrected chi connectivity index (χ1v) is 6.85. The lowest BCUT2D eigenvalue weighted by Crippen LogP contribution is -2.09. The Balaban J connectivity index is 1.86. The lowest BCUT2D eigenvalue weighted by Gasteiger charge is -2.16. The Kier molecular flexibility index (Phi) is 2.98. The Bertz CT molecular complexity index is 629. The lowest BCUT2D eigenvalue weighted by atomic mass is 10.2. The number of thiophene rings is 1. The predicted molar refractivity (Wildman–Crippen MR) is 74.0 cm³/mol. The van der Waals surface area contributed by atoms with Gasteiger partial charge in [0.05, 0.1) is 12.2 Å². The quantitative estimate of drug-likeness (QED) is 0.780. The third kappa shape index (κ3) is 2.09. The average molecular weight is 258 g/mol. The van der Waals surface area contributed by atoms with Crippen molar-refractivity contribution in [3.63, 3.8) is 0 Å². The van der Waals surface area contributed by atoms with E-state index < -0.39 is 0 Å². The molecule has 4 nitrogen and oxygen atoms in total. The van der Waals surface area contributed by atoms with Gasteiger partial charge in [-0.15, -0.1) is 11.3 Å². The highest BCUT2D eigenvalue weighted by Crippen LogP contribution is 2.25. The molecular weight excluding hydrogens is 244 g/mol. The van der Waals surface area contributed by atoms with Crippen LogP contribution in [0.2, 0.25) is 0 Å². The molecule has 0 aliphatic carbocycles. The molecule has 0 amide bonds. The number of fused-ring (bicyclic) bond motifs is 1. The topological polar surface area (TPSA) is 42.2 Å². The molecule has 0 fully saturated rings. The maximum atomic E-state index is 4.53. The van der Waals surface area contributed by atoms with Crippen molar-refractivity contribution in [1.29, 1.82) is 0 Å². The zero-order valence-electron chi connectivity index (χ0n) is 10.1. The van der Waals surface area contributed by atoms with E-state index in [0.717, 1.165) is 17.9 Å². The maximum absolute atomic E-state index is 4.53. The molecule has 0 aliphatic heterocycles. The second-order valence-electron chi connectivity index (χ2n) is 4.07. The van der Waals surface area contributed by atoms with E-state index in [1.807, 2.05) is 18.3 Å². The van der Waals surface area contributed by atoms with E-state index in [1.165, 1.54) is 4.88 Å². The SMILES string of the molecule is CCC(Nc1ccn2nccc2n1)c1cccs1. The van der Waals surface area contributed by atoms with Crippen molar-refractivity contribution in [2.24, 2.45) is 0 Å². The van der Waals surface area contributed by atoms with Crippen LogP contribution in [0.3, 0.4) is 0 Å². The van der Waals surface area contributed by atoms with Crippen LogP contribution in [0, 0.1) is 0 Å². The van der Waals surface area contributed by atoms with Crippen LogP contribution in [0.1, 0.15) is 24.3 Å². The third-order valence-corrected chi connectivity index (χ3v) is 3.86. The molecule has 3 rings (SSSR count). The zero-order valence-corrected chi connectivity index (χ0v) is 10.9. The van der Waals surface area contributed by atoms with Gasteiger partial charge in [0.25, 0.3) is 0 Å². The Hall–Kier alpha value is -1.88. The van der Waals surface area contributed by atoms with Crippen LogP contribution in [0.15, 0.2) is 42.0 Å². The van der Waals surface area contributed by atoms with E-state index in [4.69, 9.17) is 0 Å². The highest BCUT2D eigenvalue weighted by Gasteiger charge is 2.10. The summed E-state index contributed by atoms with van der Waals surface area (Å²) in [7, 11) is 0. The van der Waals surface area contributed by atoms with Crippen molar-refractivity contribution < 1.29 is 0 Å². The van der Waals surface area contributed by atoms with Gasteiger partial charge in [-0.1, -0.05) is 13.0 Å². The van der Waals surface area contributed by atoms with Gasteiger partial charge in [0.15, 0.2) is 5.65 Å². The highest BCUT2D eigenvalue weighted by atomic mass is 32.1. The van der Waals surface area contributed by atoms with Crippen LogP contribution in [0.25, 0.3) is 5.65 Å². The number of hydrogen-bond acceptors (Lipinski definition) is 4. The minimum atomic E-state index is 0.322. The molecule has 0 saturated heterocycles. The van der Waals surface area contributed by atoms with Crippen molar-refractivity contribution in [2.75, 3.05) is 5.32 Å². The second-order valence-corrected chi connectivity index (χ2v) is 5.05. The van der Waals surface area contributed by atoms with Gasteiger partial charge in [-0.05, 0) is 23.9 Å². The van der Waals surface area contributed by atoms with Crippen LogP contribution >= 0.6 is 11.3 Å². The van der Waals surface area contributed by atoms with Gasteiger partial charge in [-0.3, -0.25) is 0 Å². The molecular formula is C13H14N4S. The molecule has 18 heavy (non-hydrogen) atoms. The smallest absolute Gasteiger partial charge is 0.157 e. The first kappa shape index (κ1) is 11.2. The number of rotatable bonds is 4. The fraction of sp³-hybridized carbons (Fsp3) is 0.231. The van der Waals surface area contributed by atoms with E-state index in [1.54, 1.807) is 22.0 Å². The van der Waals surface area contributed by atoms with Crippen molar-refractivity contribution in [3.05, 3.63) is 46.9 Å². The van der Waals surface area contributed by atoms with Gasteiger partial charge in [-0.2, -0.15) is 5.10 Å². The summed E-state index contributed by atoms with van der Waals surface area (Å²) in [5.41, 5.74) is 0.862. The summed E-state index contributed by atoms with van der Waals surface area (Å²) >= 11 is 1.77. The van der Waals surface area contributed by atoms with Crippen LogP contribution in [0.5, 0.6) is 0 Å². The molecule has 3 aromatic rings. The Morgan fingerprint density at radius 3 is 3.11 bits per heavy atom. The normalized spacial score (nSPS) is 12.7. The minimum absolute atomic E-state index is 0.322. The van der Waals surface area contributed by atoms with Gasteiger partial charge in [0.1, 0.15) is 5.82 Å². The molecule has 0 aliphatic rings. The van der Waals surface area contributed by atoms with E-state index in [9.17, 15) is 0 Å². The molecule has 5 heteroatoms. The van der Waals surface area contributed by atoms with Crippen LogP contribution in [0.4, 0.5) is 5.82 Å². The fourth-order valence-corrected chi connectivity index (χ4v) is 2.80. The maximum Gasteiger partial charge on any atom is 0.157 e. The fourth-order valence-electron chi connectivity index (χ4n) is 1.94. The number of aromatic nitrogens is 3. The molecule has 92 valence electrons. The van der Waals surface area contributed by atoms with Crippen molar-refractivity contribution in [2.45, 2.75) is 19.4 Å². The summed E-state index contributed by atoms with van der Waals surface area (Å²) in [6.07, 6.45) is 4.71. The molecule has 0 radical (unpaired) electrons. The summed E-state index contributed by atoms with van der Waals surface area (Å²) in [4.78, 5) is 5.87. The largest absolute Gasteiger partial charge is 0.362 e. The molecule has 0 bridgehead atoms. The lowest BCUT2D eigenvalue weighted by molar-refractivity contribution is 0.758. The summed E-state index contributed by atoms with van der Waals surface area (Å²) in [6, 6.07) is 8.41. The first-order valence-electron chi connectivity index (χ1n) is 5.97. The van der Waals surface area contributed by atoms with Crippen molar-refractivity contribution in [3.8, 4) is 0 Å². The molecule has 1 N–H and O–H groups in total. The molecule has 3 heterocycles. The van der Waals surface area contributed by atoms with Crippen LogP contribution < -0.4 is 5.32 Å². The van der Waals surface area contributed by atoms with E-state index in [2.05, 4.69) is 39.8 Å². The van der Waals surface area contributed by atoms with Crippen LogP contribution in [-0.4, -0.2) is 14.6 Å². The van der Waals surface area contributed by atoms with Gasteiger partial charge in [0, 0.05) is 17.1 Å². The summed E-state index contributed by atoms with van der Waals surface area (Å²) in [5, 5.41) is 9.71. The molecule has 1 unspecified atom stereocenters. The first-order chi connectivity index (χ1) is 8.86. The van der Waals surface area contributed by atoms with Gasteiger partial charge >= 0.3 is 0 Å². The van der Waals surface area contributed by atoms with E-state index in [0.29, 0.717) is 6.04 Å². The molecule has 3 aromatic heterocycles. The molecule has 0 aromatic carbocycles. The number of hydrogen-bond donors (Lipinski definition) is 1. The number of anilines is 1. The van der Waals surface area contributed by atoms with Crippen LogP contribution in [-0.2, 0) is 0 Å². The van der Waals surface area contributed by atoms with E-state index in [-0.39, 0.29) is 0 Å². The minimum Gasteiger partial charge on any atom is -0.362 e. The van der Waals surface area contributed by atoms with Crippen molar-refractivity contribution in [1.82, 2.24) is 14.6 Å². The van der Waals surface area contributed by atoms with Gasteiger partial charge in [0.2, 0.25) is 0 Å². The predicted octanol–water partition coefficient (Wildman–Crippen LogP) is 3.35. The standard InChI is InChI=1S/C13H14N4S/c1-2-10(11-4-3-9-18-11)15-12-6-8-17-13(16-12)5-7-14-17/h3-10H,2H2,1H3,(H,15,16). The second kappa shape index (κ2) is 4.78. The Morgan fingerprint density at radius 2 is 2.33 bits per heavy atom. The van der Waals surface area contributed by atoms with E-state index >= 15 is 0 Å². The molecule has 0 saturated carbocycles. The Labute approximate surface area is 109 Å². The average Bonchev–Trinajstić information content (AvgIpc) is 3.06. The molecule has 0 spiro atoms. The summed E-state index contributed by atoms with van der Waals surface area (Å²) in [5.74, 6) is 0.892. The zero-order chi connectivity index (χ0) is 12.4. The van der Waals surface area contributed by atoms with Crippen molar-refractivity contribution >= 4 is 22.8 Å². The van der Waals surface area contributed by atoms with Gasteiger partial charge < -0.3 is 5.32 Å².